The first-order valence-electron chi connectivity index (χ1n) is 8.80. The van der Waals surface area contributed by atoms with Gasteiger partial charge in [-0.3, -0.25) is 4.79 Å². The lowest BCUT2D eigenvalue weighted by Crippen LogP contribution is -2.15. The molecule has 2 aromatic carbocycles. The van der Waals surface area contributed by atoms with E-state index in [1.165, 1.54) is 23.0 Å². The van der Waals surface area contributed by atoms with Crippen molar-refractivity contribution in [3.63, 3.8) is 0 Å². The topological polar surface area (TPSA) is 56.5 Å². The first-order valence-corrected chi connectivity index (χ1v) is 9.55. The van der Waals surface area contributed by atoms with Crippen LogP contribution < -0.4 is 10.3 Å². The van der Waals surface area contributed by atoms with Crippen molar-refractivity contribution < 1.29 is 13.5 Å². The molecule has 30 heavy (non-hydrogen) atoms. The Morgan fingerprint density at radius 3 is 2.47 bits per heavy atom. The second-order valence-electron chi connectivity index (χ2n) is 6.45. The maximum absolute atomic E-state index is 14.0. The zero-order valence-electron chi connectivity index (χ0n) is 15.4. The van der Waals surface area contributed by atoms with Gasteiger partial charge in [-0.05, 0) is 37.3 Å². The number of nitrogens with zero attached hydrogens (tertiary/aromatic N) is 3. The lowest BCUT2D eigenvalue weighted by molar-refractivity contribution is 0.209. The molecule has 0 aliphatic rings. The van der Waals surface area contributed by atoms with E-state index in [9.17, 15) is 13.6 Å². The molecule has 1 unspecified atom stereocenters. The molecular formula is C21H13Cl2F2N3O2. The second kappa shape index (κ2) is 8.01. The van der Waals surface area contributed by atoms with E-state index in [0.717, 1.165) is 12.1 Å². The van der Waals surface area contributed by atoms with Gasteiger partial charge in [0.15, 0.2) is 0 Å². The fourth-order valence-electron chi connectivity index (χ4n) is 3.10. The van der Waals surface area contributed by atoms with Crippen molar-refractivity contribution in [2.75, 3.05) is 0 Å². The van der Waals surface area contributed by atoms with Crippen LogP contribution in [0.1, 0.15) is 18.6 Å². The van der Waals surface area contributed by atoms with E-state index in [1.54, 1.807) is 31.2 Å². The molecule has 0 aliphatic heterocycles. The zero-order valence-corrected chi connectivity index (χ0v) is 17.0. The summed E-state index contributed by atoms with van der Waals surface area (Å²) in [5, 5.41) is 4.89. The summed E-state index contributed by atoms with van der Waals surface area (Å²) in [6.07, 6.45) is 0.502. The first-order chi connectivity index (χ1) is 14.3. The fourth-order valence-corrected chi connectivity index (χ4v) is 3.68. The molecule has 0 aliphatic carbocycles. The van der Waals surface area contributed by atoms with Crippen molar-refractivity contribution in [1.29, 1.82) is 0 Å². The highest BCUT2D eigenvalue weighted by Crippen LogP contribution is 2.35. The molecule has 0 radical (unpaired) electrons. The Balaban J connectivity index is 1.76. The number of halogens is 4. The smallest absolute Gasteiger partial charge is 0.281 e. The molecule has 2 heterocycles. The third-order valence-electron chi connectivity index (χ3n) is 4.50. The van der Waals surface area contributed by atoms with Crippen LogP contribution in [0, 0.1) is 11.6 Å². The first kappa shape index (κ1) is 20.3. The van der Waals surface area contributed by atoms with Crippen LogP contribution in [0.2, 0.25) is 10.0 Å². The van der Waals surface area contributed by atoms with Crippen LogP contribution in [0.25, 0.3) is 16.6 Å². The molecule has 4 aromatic rings. The molecule has 152 valence electrons. The Labute approximate surface area is 179 Å². The number of fused-ring (bicyclic) bond motifs is 1. The van der Waals surface area contributed by atoms with E-state index in [0.29, 0.717) is 21.1 Å². The van der Waals surface area contributed by atoms with Gasteiger partial charge in [0.25, 0.3) is 5.56 Å². The monoisotopic (exact) mass is 447 g/mol. The average molecular weight is 448 g/mol. The number of hydrogen-bond donors (Lipinski definition) is 0. The number of ether oxygens (including phenoxy) is 1. The Hall–Kier alpha value is -3.03. The molecule has 0 spiro atoms. The van der Waals surface area contributed by atoms with Crippen LogP contribution in [0.3, 0.4) is 0 Å². The fraction of sp³-hybridized carbons (Fsp3) is 0.0952. The van der Waals surface area contributed by atoms with Crippen molar-refractivity contribution in [1.82, 2.24) is 14.6 Å². The Kier molecular flexibility index (Phi) is 5.40. The minimum atomic E-state index is -0.736. The van der Waals surface area contributed by atoms with Gasteiger partial charge in [-0.1, -0.05) is 29.3 Å². The molecule has 0 saturated carbocycles. The highest BCUT2D eigenvalue weighted by molar-refractivity contribution is 6.39. The van der Waals surface area contributed by atoms with E-state index in [2.05, 4.69) is 10.1 Å². The summed E-state index contributed by atoms with van der Waals surface area (Å²) < 4.78 is 34.2. The summed E-state index contributed by atoms with van der Waals surface area (Å²) in [6, 6.07) is 11.3. The van der Waals surface area contributed by atoms with Gasteiger partial charge in [0.1, 0.15) is 24.1 Å². The van der Waals surface area contributed by atoms with Crippen molar-refractivity contribution in [2.45, 2.75) is 13.0 Å². The largest absolute Gasteiger partial charge is 0.469 e. The Morgan fingerprint density at radius 2 is 1.77 bits per heavy atom. The van der Waals surface area contributed by atoms with Crippen LogP contribution >= 0.6 is 23.2 Å². The van der Waals surface area contributed by atoms with Crippen molar-refractivity contribution >= 4 is 28.7 Å². The molecule has 0 saturated heterocycles. The van der Waals surface area contributed by atoms with Crippen molar-refractivity contribution in [3.05, 3.63) is 92.5 Å². The lowest BCUT2D eigenvalue weighted by Gasteiger charge is -2.16. The third kappa shape index (κ3) is 3.74. The Bertz CT molecular complexity index is 1310. The molecule has 0 fully saturated rings. The third-order valence-corrected chi connectivity index (χ3v) is 5.13. The summed E-state index contributed by atoms with van der Waals surface area (Å²) in [4.78, 5) is 16.3. The van der Waals surface area contributed by atoms with Crippen LogP contribution in [-0.2, 0) is 0 Å². The van der Waals surface area contributed by atoms with Gasteiger partial charge in [0.05, 0.1) is 21.1 Å². The molecule has 2 aromatic heterocycles. The van der Waals surface area contributed by atoms with Crippen LogP contribution in [-0.4, -0.2) is 14.6 Å². The molecule has 0 amide bonds. The van der Waals surface area contributed by atoms with Crippen LogP contribution in [0.15, 0.2) is 59.7 Å². The molecule has 0 bridgehead atoms. The maximum atomic E-state index is 14.0. The van der Waals surface area contributed by atoms with E-state index < -0.39 is 23.3 Å². The minimum absolute atomic E-state index is 0.153. The second-order valence-corrected chi connectivity index (χ2v) is 7.26. The number of rotatable bonds is 4. The van der Waals surface area contributed by atoms with Gasteiger partial charge in [0.2, 0.25) is 5.88 Å². The summed E-state index contributed by atoms with van der Waals surface area (Å²) in [7, 11) is 0. The molecule has 5 nitrogen and oxygen atoms in total. The van der Waals surface area contributed by atoms with Crippen LogP contribution in [0.4, 0.5) is 8.78 Å². The zero-order chi connectivity index (χ0) is 21.4. The van der Waals surface area contributed by atoms with E-state index in [1.807, 2.05) is 0 Å². The Morgan fingerprint density at radius 1 is 1.03 bits per heavy atom. The van der Waals surface area contributed by atoms with Crippen molar-refractivity contribution in [3.8, 4) is 17.0 Å². The number of hydrogen-bond acceptors (Lipinski definition) is 4. The van der Waals surface area contributed by atoms with Gasteiger partial charge < -0.3 is 4.74 Å². The summed E-state index contributed by atoms with van der Waals surface area (Å²) in [6.45, 7) is 1.61. The summed E-state index contributed by atoms with van der Waals surface area (Å²) in [5.74, 6) is -1.24. The molecule has 1 atom stereocenters. The highest BCUT2D eigenvalue weighted by atomic mass is 35.5. The molecule has 4 rings (SSSR count). The predicted molar refractivity (Wildman–Crippen MR) is 110 cm³/mol. The van der Waals surface area contributed by atoms with Gasteiger partial charge in [-0.2, -0.15) is 4.98 Å². The van der Waals surface area contributed by atoms with Crippen LogP contribution in [0.5, 0.6) is 5.88 Å². The normalized spacial score (nSPS) is 12.2. The highest BCUT2D eigenvalue weighted by Gasteiger charge is 2.18. The lowest BCUT2D eigenvalue weighted by atomic mass is 10.1. The van der Waals surface area contributed by atoms with Crippen molar-refractivity contribution in [2.24, 2.45) is 0 Å². The van der Waals surface area contributed by atoms with Gasteiger partial charge in [0, 0.05) is 23.3 Å². The number of benzene rings is 2. The average Bonchev–Trinajstić information content (AvgIpc) is 2.69. The maximum Gasteiger partial charge on any atom is 0.281 e. The van der Waals surface area contributed by atoms with Gasteiger partial charge >= 0.3 is 0 Å². The van der Waals surface area contributed by atoms with E-state index in [-0.39, 0.29) is 17.0 Å². The molecule has 0 N–H and O–H groups in total. The van der Waals surface area contributed by atoms with Gasteiger partial charge in [-0.15, -0.1) is 5.10 Å². The SMILES string of the molecule is CC(Oc1ccc2c(-c3c(Cl)cccc3Cl)c(=O)ncn2n1)c1ccc(F)cc1F. The summed E-state index contributed by atoms with van der Waals surface area (Å²) >= 11 is 12.5. The standard InChI is InChI=1S/C21H13Cl2F2N3O2/c1-11(13-6-5-12(24)9-16(13)25)30-18-8-7-17-20(21(29)26-10-28(17)27-18)19-14(22)3-2-4-15(19)23/h2-11H,1H3. The van der Waals surface area contributed by atoms with E-state index in [4.69, 9.17) is 27.9 Å². The molecular weight excluding hydrogens is 435 g/mol. The quantitative estimate of drug-likeness (QED) is 0.415. The predicted octanol–water partition coefficient (Wildman–Crippen LogP) is 5.48. The molecule has 9 heteroatoms. The number of aromatic nitrogens is 3. The minimum Gasteiger partial charge on any atom is -0.469 e. The van der Waals surface area contributed by atoms with Gasteiger partial charge in [-0.25, -0.2) is 13.3 Å². The van der Waals surface area contributed by atoms with E-state index >= 15 is 0 Å². The summed E-state index contributed by atoms with van der Waals surface area (Å²) in [5.41, 5.74) is 0.637.